The number of likely N-dealkylation sites (tertiary alicyclic amines) is 1. The van der Waals surface area contributed by atoms with Crippen molar-refractivity contribution in [2.75, 3.05) is 31.1 Å². The number of anilines is 1. The first-order valence-electron chi connectivity index (χ1n) is 8.31. The number of hydrogen-bond acceptors (Lipinski definition) is 2. The Morgan fingerprint density at radius 2 is 1.76 bits per heavy atom. The van der Waals surface area contributed by atoms with Gasteiger partial charge in [-0.2, -0.15) is 0 Å². The minimum atomic E-state index is -0.0326. The van der Waals surface area contributed by atoms with Gasteiger partial charge in [-0.1, -0.05) is 47.5 Å². The molecule has 2 amide bonds. The molecule has 0 atom stereocenters. The van der Waals surface area contributed by atoms with E-state index in [1.165, 1.54) is 5.69 Å². The number of carbonyl (C=O) groups is 1. The summed E-state index contributed by atoms with van der Waals surface area (Å²) in [6.45, 7) is 4.08. The zero-order valence-corrected chi connectivity index (χ0v) is 15.2. The Labute approximate surface area is 157 Å². The molecule has 6 heteroatoms. The number of carbonyl (C=O) groups excluding carboxylic acids is 1. The van der Waals surface area contributed by atoms with Gasteiger partial charge in [-0.25, -0.2) is 4.79 Å². The van der Waals surface area contributed by atoms with Gasteiger partial charge in [0.2, 0.25) is 0 Å². The zero-order valence-electron chi connectivity index (χ0n) is 13.7. The fraction of sp³-hybridized carbons (Fsp3) is 0.316. The van der Waals surface area contributed by atoms with Crippen LogP contribution in [0, 0.1) is 5.41 Å². The maximum absolute atomic E-state index is 12.3. The van der Waals surface area contributed by atoms with Crippen molar-refractivity contribution in [1.82, 2.24) is 10.2 Å². The first kappa shape index (κ1) is 16.6. The molecular weight excluding hydrogens is 357 g/mol. The number of halogens is 2. The number of urea groups is 1. The highest BCUT2D eigenvalue weighted by atomic mass is 35.5. The molecule has 0 radical (unpaired) electrons. The summed E-state index contributed by atoms with van der Waals surface area (Å²) < 4.78 is 0. The predicted molar refractivity (Wildman–Crippen MR) is 101 cm³/mol. The van der Waals surface area contributed by atoms with Crippen molar-refractivity contribution in [3.05, 3.63) is 64.1 Å². The lowest BCUT2D eigenvalue weighted by molar-refractivity contribution is 0.00767. The molecular formula is C19H19Cl2N3O. The molecule has 4 nitrogen and oxygen atoms in total. The summed E-state index contributed by atoms with van der Waals surface area (Å²) in [7, 11) is 0. The summed E-state index contributed by atoms with van der Waals surface area (Å²) in [4.78, 5) is 16.5. The van der Waals surface area contributed by atoms with E-state index in [2.05, 4.69) is 34.5 Å². The molecule has 2 aromatic carbocycles. The van der Waals surface area contributed by atoms with Gasteiger partial charge in [0.15, 0.2) is 0 Å². The van der Waals surface area contributed by atoms with Crippen molar-refractivity contribution in [3.8, 4) is 0 Å². The molecule has 1 N–H and O–H groups in total. The second kappa shape index (κ2) is 6.43. The van der Waals surface area contributed by atoms with Crippen LogP contribution >= 0.6 is 23.2 Å². The maximum atomic E-state index is 12.3. The van der Waals surface area contributed by atoms with Gasteiger partial charge < -0.3 is 15.1 Å². The molecule has 2 aliphatic rings. The maximum Gasteiger partial charge on any atom is 0.317 e. The summed E-state index contributed by atoms with van der Waals surface area (Å²) >= 11 is 12.0. The van der Waals surface area contributed by atoms with Crippen LogP contribution in [-0.2, 0) is 6.54 Å². The van der Waals surface area contributed by atoms with Crippen molar-refractivity contribution in [2.45, 2.75) is 6.54 Å². The number of nitrogens with one attached hydrogen (secondary N) is 1. The Bertz CT molecular complexity index is 783. The Hall–Kier alpha value is -1.91. The van der Waals surface area contributed by atoms with Gasteiger partial charge in [-0.3, -0.25) is 0 Å². The molecule has 25 heavy (non-hydrogen) atoms. The third kappa shape index (κ3) is 3.29. The number of amides is 2. The van der Waals surface area contributed by atoms with Gasteiger partial charge in [-0.05, 0) is 29.8 Å². The van der Waals surface area contributed by atoms with Gasteiger partial charge in [0.05, 0.1) is 0 Å². The number of para-hydroxylation sites is 1. The average molecular weight is 376 g/mol. The Balaban J connectivity index is 1.25. The monoisotopic (exact) mass is 375 g/mol. The molecule has 130 valence electrons. The van der Waals surface area contributed by atoms with Gasteiger partial charge in [0, 0.05) is 53.9 Å². The number of rotatable bonds is 3. The van der Waals surface area contributed by atoms with Crippen molar-refractivity contribution in [2.24, 2.45) is 5.41 Å². The molecule has 0 unspecified atom stereocenters. The summed E-state index contributed by atoms with van der Waals surface area (Å²) in [6.07, 6.45) is 0. The predicted octanol–water partition coefficient (Wildman–Crippen LogP) is 4.03. The van der Waals surface area contributed by atoms with Crippen LogP contribution in [-0.4, -0.2) is 37.1 Å². The van der Waals surface area contributed by atoms with Crippen LogP contribution in [0.15, 0.2) is 48.5 Å². The summed E-state index contributed by atoms with van der Waals surface area (Å²) in [6, 6.07) is 15.7. The number of benzene rings is 2. The minimum absolute atomic E-state index is 0.0326. The third-order valence-electron chi connectivity index (χ3n) is 4.96. The molecule has 0 aliphatic carbocycles. The van der Waals surface area contributed by atoms with E-state index < -0.39 is 0 Å². The van der Waals surface area contributed by atoms with E-state index in [9.17, 15) is 4.79 Å². The molecule has 2 aliphatic heterocycles. The van der Waals surface area contributed by atoms with Gasteiger partial charge >= 0.3 is 6.03 Å². The van der Waals surface area contributed by atoms with Crippen LogP contribution in [0.25, 0.3) is 0 Å². The fourth-order valence-electron chi connectivity index (χ4n) is 3.64. The lowest BCUT2D eigenvalue weighted by Crippen LogP contribution is -2.73. The quantitative estimate of drug-likeness (QED) is 0.878. The van der Waals surface area contributed by atoms with Crippen LogP contribution in [0.4, 0.5) is 10.5 Å². The first-order valence-corrected chi connectivity index (χ1v) is 9.07. The first-order chi connectivity index (χ1) is 12.0. The summed E-state index contributed by atoms with van der Waals surface area (Å²) in [5.41, 5.74) is 2.40. The topological polar surface area (TPSA) is 35.6 Å². The van der Waals surface area contributed by atoms with Crippen LogP contribution in [0.1, 0.15) is 5.56 Å². The second-order valence-corrected chi connectivity index (χ2v) is 7.79. The fourth-order valence-corrected chi connectivity index (χ4v) is 4.11. The van der Waals surface area contributed by atoms with E-state index in [1.807, 2.05) is 17.0 Å². The van der Waals surface area contributed by atoms with Crippen molar-refractivity contribution >= 4 is 34.9 Å². The number of hydrogen-bond donors (Lipinski definition) is 1. The van der Waals surface area contributed by atoms with E-state index in [0.717, 1.165) is 31.7 Å². The molecule has 0 bridgehead atoms. The smallest absolute Gasteiger partial charge is 0.317 e. The summed E-state index contributed by atoms with van der Waals surface area (Å²) in [5.74, 6) is 0. The van der Waals surface area contributed by atoms with E-state index in [-0.39, 0.29) is 11.4 Å². The zero-order chi connectivity index (χ0) is 17.4. The third-order valence-corrected chi connectivity index (χ3v) is 5.55. The average Bonchev–Trinajstić information content (AvgIpc) is 2.52. The normalized spacial score (nSPS) is 17.8. The van der Waals surface area contributed by atoms with E-state index in [0.29, 0.717) is 16.6 Å². The molecule has 0 aromatic heterocycles. The van der Waals surface area contributed by atoms with Gasteiger partial charge in [0.25, 0.3) is 0 Å². The molecule has 2 fully saturated rings. The molecule has 2 aromatic rings. The molecule has 4 rings (SSSR count). The van der Waals surface area contributed by atoms with E-state index >= 15 is 0 Å². The van der Waals surface area contributed by atoms with Crippen molar-refractivity contribution in [1.29, 1.82) is 0 Å². The van der Waals surface area contributed by atoms with Gasteiger partial charge in [0.1, 0.15) is 0 Å². The standard InChI is InChI=1S/C19H19Cl2N3O/c20-15-7-6-14(17(21)8-15)9-22-18(25)24-12-19(13-24)10-23(11-19)16-4-2-1-3-5-16/h1-8H,9-13H2,(H,22,25). The van der Waals surface area contributed by atoms with E-state index in [1.54, 1.807) is 12.1 Å². The Kier molecular flexibility index (Phi) is 4.26. The Morgan fingerprint density at radius 1 is 1.04 bits per heavy atom. The second-order valence-electron chi connectivity index (χ2n) is 6.94. The van der Waals surface area contributed by atoms with Crippen molar-refractivity contribution in [3.63, 3.8) is 0 Å². The SMILES string of the molecule is O=C(NCc1ccc(Cl)cc1Cl)N1CC2(C1)CN(c1ccccc1)C2. The molecule has 2 heterocycles. The summed E-state index contributed by atoms with van der Waals surface area (Å²) in [5, 5.41) is 4.11. The highest BCUT2D eigenvalue weighted by Crippen LogP contribution is 2.41. The Morgan fingerprint density at radius 3 is 2.44 bits per heavy atom. The van der Waals surface area contributed by atoms with Crippen molar-refractivity contribution < 1.29 is 4.79 Å². The number of nitrogens with zero attached hydrogens (tertiary/aromatic N) is 2. The van der Waals surface area contributed by atoms with E-state index in [4.69, 9.17) is 23.2 Å². The largest absolute Gasteiger partial charge is 0.370 e. The minimum Gasteiger partial charge on any atom is -0.370 e. The molecule has 2 saturated heterocycles. The lowest BCUT2D eigenvalue weighted by atomic mass is 9.73. The van der Waals surface area contributed by atoms with Gasteiger partial charge in [-0.15, -0.1) is 0 Å². The lowest BCUT2D eigenvalue weighted by Gasteiger charge is -2.60. The van der Waals surface area contributed by atoms with Crippen LogP contribution in [0.3, 0.4) is 0 Å². The van der Waals surface area contributed by atoms with Crippen LogP contribution < -0.4 is 10.2 Å². The van der Waals surface area contributed by atoms with Crippen LogP contribution in [0.2, 0.25) is 10.0 Å². The highest BCUT2D eigenvalue weighted by Gasteiger charge is 2.53. The molecule has 0 saturated carbocycles. The highest BCUT2D eigenvalue weighted by molar-refractivity contribution is 6.35. The molecule has 1 spiro atoms. The van der Waals surface area contributed by atoms with Crippen LogP contribution in [0.5, 0.6) is 0 Å².